The van der Waals surface area contributed by atoms with Crippen LogP contribution in [0, 0.1) is 0 Å². The van der Waals surface area contributed by atoms with E-state index in [1.165, 1.54) is 18.5 Å². The molecule has 0 aliphatic heterocycles. The lowest BCUT2D eigenvalue weighted by atomic mass is 9.91. The van der Waals surface area contributed by atoms with E-state index in [9.17, 15) is 4.79 Å². The van der Waals surface area contributed by atoms with Crippen molar-refractivity contribution in [2.75, 3.05) is 10.4 Å². The standard InChI is InChI=1S/C19H22FN7O/c20-27(13-9-12(18(22)28)10-23-11-13)16-5-6-17-24-7-8-26(17)19(16)25-15-4-2-1-3-14(15)21/h5-11,14-15,25H,1-4,21H2,(H2,22,28). The summed E-state index contributed by atoms with van der Waals surface area (Å²) in [7, 11) is 0. The van der Waals surface area contributed by atoms with Crippen LogP contribution in [-0.4, -0.2) is 32.4 Å². The summed E-state index contributed by atoms with van der Waals surface area (Å²) < 4.78 is 17.2. The zero-order chi connectivity index (χ0) is 19.7. The quantitative estimate of drug-likeness (QED) is 0.583. The minimum absolute atomic E-state index is 0.00621. The molecule has 146 valence electrons. The number of primary amides is 1. The third-order valence-electron chi connectivity index (χ3n) is 5.13. The number of rotatable bonds is 5. The molecule has 3 heterocycles. The average molecular weight is 383 g/mol. The van der Waals surface area contributed by atoms with Crippen LogP contribution in [0.4, 0.5) is 21.7 Å². The number of halogens is 1. The molecule has 0 saturated heterocycles. The van der Waals surface area contributed by atoms with E-state index in [4.69, 9.17) is 11.5 Å². The van der Waals surface area contributed by atoms with Crippen molar-refractivity contribution in [2.45, 2.75) is 37.8 Å². The predicted molar refractivity (Wildman–Crippen MR) is 105 cm³/mol. The Morgan fingerprint density at radius 3 is 2.89 bits per heavy atom. The molecule has 2 unspecified atom stereocenters. The van der Waals surface area contributed by atoms with Gasteiger partial charge < -0.3 is 16.8 Å². The maximum Gasteiger partial charge on any atom is 0.250 e. The molecule has 4 rings (SSSR count). The van der Waals surface area contributed by atoms with Crippen LogP contribution in [0.3, 0.4) is 0 Å². The highest BCUT2D eigenvalue weighted by atomic mass is 19.2. The highest BCUT2D eigenvalue weighted by Gasteiger charge is 2.25. The van der Waals surface area contributed by atoms with E-state index in [1.807, 2.05) is 0 Å². The van der Waals surface area contributed by atoms with Crippen molar-refractivity contribution in [3.05, 3.63) is 48.5 Å². The molecule has 3 aromatic heterocycles. The van der Waals surface area contributed by atoms with E-state index >= 15 is 4.48 Å². The maximum absolute atomic E-state index is 15.4. The Labute approximate surface area is 161 Å². The van der Waals surface area contributed by atoms with Gasteiger partial charge in [-0.1, -0.05) is 17.3 Å². The Morgan fingerprint density at radius 1 is 1.29 bits per heavy atom. The molecule has 2 atom stereocenters. The average Bonchev–Trinajstić information content (AvgIpc) is 3.18. The fourth-order valence-corrected chi connectivity index (χ4v) is 3.61. The largest absolute Gasteiger partial charge is 0.366 e. The molecular weight excluding hydrogens is 361 g/mol. The van der Waals surface area contributed by atoms with Crippen LogP contribution in [0.2, 0.25) is 0 Å². The maximum atomic E-state index is 15.4. The van der Waals surface area contributed by atoms with Crippen LogP contribution in [0.25, 0.3) is 5.65 Å². The summed E-state index contributed by atoms with van der Waals surface area (Å²) in [6.07, 6.45) is 10.1. The molecule has 8 nitrogen and oxygen atoms in total. The molecule has 0 spiro atoms. The van der Waals surface area contributed by atoms with Crippen LogP contribution >= 0.6 is 0 Å². The van der Waals surface area contributed by atoms with E-state index in [1.54, 1.807) is 28.9 Å². The number of pyridine rings is 2. The van der Waals surface area contributed by atoms with Crippen LogP contribution < -0.4 is 21.9 Å². The summed E-state index contributed by atoms with van der Waals surface area (Å²) >= 11 is 0. The van der Waals surface area contributed by atoms with E-state index in [0.29, 0.717) is 16.6 Å². The molecule has 3 aromatic rings. The molecule has 1 aliphatic rings. The van der Waals surface area contributed by atoms with Gasteiger partial charge in [0, 0.05) is 30.7 Å². The van der Waals surface area contributed by atoms with Crippen molar-refractivity contribution >= 4 is 28.7 Å². The number of nitrogens with two attached hydrogens (primary N) is 2. The normalized spacial score (nSPS) is 19.5. The lowest BCUT2D eigenvalue weighted by Gasteiger charge is -2.31. The molecule has 0 bridgehead atoms. The second-order valence-corrected chi connectivity index (χ2v) is 7.00. The molecule has 1 aliphatic carbocycles. The zero-order valence-electron chi connectivity index (χ0n) is 15.3. The summed E-state index contributed by atoms with van der Waals surface area (Å²) in [5.74, 6) is -0.122. The number of amides is 1. The van der Waals surface area contributed by atoms with Gasteiger partial charge in [-0.3, -0.25) is 14.2 Å². The van der Waals surface area contributed by atoms with Gasteiger partial charge in [0.15, 0.2) is 0 Å². The first kappa shape index (κ1) is 18.2. The van der Waals surface area contributed by atoms with E-state index < -0.39 is 5.91 Å². The topological polar surface area (TPSA) is 115 Å². The highest BCUT2D eigenvalue weighted by molar-refractivity contribution is 5.93. The number of nitrogens with zero attached hydrogens (tertiary/aromatic N) is 4. The minimum Gasteiger partial charge on any atom is -0.366 e. The van der Waals surface area contributed by atoms with Crippen LogP contribution in [0.5, 0.6) is 0 Å². The lowest BCUT2D eigenvalue weighted by Crippen LogP contribution is -2.43. The van der Waals surface area contributed by atoms with Crippen molar-refractivity contribution < 1.29 is 9.28 Å². The number of fused-ring (bicyclic) bond motifs is 1. The van der Waals surface area contributed by atoms with Gasteiger partial charge in [-0.2, -0.15) is 5.12 Å². The van der Waals surface area contributed by atoms with Crippen molar-refractivity contribution in [1.82, 2.24) is 14.4 Å². The van der Waals surface area contributed by atoms with Gasteiger partial charge >= 0.3 is 0 Å². The van der Waals surface area contributed by atoms with Crippen molar-refractivity contribution in [3.8, 4) is 0 Å². The number of hydrogen-bond donors (Lipinski definition) is 3. The zero-order valence-corrected chi connectivity index (χ0v) is 15.3. The van der Waals surface area contributed by atoms with Crippen LogP contribution in [-0.2, 0) is 0 Å². The number of nitrogens with one attached hydrogen (secondary N) is 1. The van der Waals surface area contributed by atoms with Gasteiger partial charge in [-0.05, 0) is 31.0 Å². The summed E-state index contributed by atoms with van der Waals surface area (Å²) in [6, 6.07) is 4.75. The fourth-order valence-electron chi connectivity index (χ4n) is 3.61. The summed E-state index contributed by atoms with van der Waals surface area (Å²) in [5, 5.41) is 3.90. The first-order valence-corrected chi connectivity index (χ1v) is 9.23. The van der Waals surface area contributed by atoms with E-state index in [2.05, 4.69) is 15.3 Å². The molecular formula is C19H22FN7O. The first-order valence-electron chi connectivity index (χ1n) is 9.23. The molecule has 0 aromatic carbocycles. The molecule has 1 fully saturated rings. The van der Waals surface area contributed by atoms with Crippen LogP contribution in [0.1, 0.15) is 36.0 Å². The van der Waals surface area contributed by atoms with Crippen molar-refractivity contribution in [3.63, 3.8) is 0 Å². The van der Waals surface area contributed by atoms with Gasteiger partial charge in [0.1, 0.15) is 17.2 Å². The second kappa shape index (κ2) is 7.43. The Balaban J connectivity index is 1.76. The summed E-state index contributed by atoms with van der Waals surface area (Å²) in [4.78, 5) is 19.6. The summed E-state index contributed by atoms with van der Waals surface area (Å²) in [5.41, 5.74) is 12.8. The number of hydrogen-bond acceptors (Lipinski definition) is 6. The minimum atomic E-state index is -0.667. The number of anilines is 3. The van der Waals surface area contributed by atoms with Gasteiger partial charge in [0.05, 0.1) is 17.4 Å². The van der Waals surface area contributed by atoms with E-state index in [-0.39, 0.29) is 29.0 Å². The Bertz CT molecular complexity index is 1000. The molecule has 1 saturated carbocycles. The van der Waals surface area contributed by atoms with Crippen molar-refractivity contribution in [1.29, 1.82) is 0 Å². The van der Waals surface area contributed by atoms with Gasteiger partial charge in [-0.15, -0.1) is 0 Å². The lowest BCUT2D eigenvalue weighted by molar-refractivity contribution is 0.1000. The molecule has 1 amide bonds. The third-order valence-corrected chi connectivity index (χ3v) is 5.13. The fraction of sp³-hybridized carbons (Fsp3) is 0.316. The Hall–Kier alpha value is -3.20. The smallest absolute Gasteiger partial charge is 0.250 e. The predicted octanol–water partition coefficient (Wildman–Crippen LogP) is 2.53. The molecule has 0 radical (unpaired) electrons. The number of aromatic nitrogens is 3. The Morgan fingerprint density at radius 2 is 2.11 bits per heavy atom. The molecule has 9 heteroatoms. The van der Waals surface area contributed by atoms with E-state index in [0.717, 1.165) is 25.7 Å². The summed E-state index contributed by atoms with van der Waals surface area (Å²) in [6.45, 7) is 0. The van der Waals surface area contributed by atoms with Gasteiger partial charge in [0.25, 0.3) is 0 Å². The third kappa shape index (κ3) is 3.36. The van der Waals surface area contributed by atoms with Crippen LogP contribution in [0.15, 0.2) is 43.0 Å². The number of carbonyl (C=O) groups is 1. The SMILES string of the molecule is NC(=O)c1cncc(N(F)c2ccc3nccn3c2NC2CCCCC2N)c1. The van der Waals surface area contributed by atoms with Crippen molar-refractivity contribution in [2.24, 2.45) is 11.5 Å². The molecule has 28 heavy (non-hydrogen) atoms. The monoisotopic (exact) mass is 383 g/mol. The number of imidazole rings is 1. The highest BCUT2D eigenvalue weighted by Crippen LogP contribution is 2.35. The first-order chi connectivity index (χ1) is 13.5. The number of carbonyl (C=O) groups excluding carboxylic acids is 1. The Kier molecular flexibility index (Phi) is 4.82. The second-order valence-electron chi connectivity index (χ2n) is 7.00. The van der Waals surface area contributed by atoms with Gasteiger partial charge in [0.2, 0.25) is 5.91 Å². The molecule has 5 N–H and O–H groups in total. The van der Waals surface area contributed by atoms with Gasteiger partial charge in [-0.25, -0.2) is 4.98 Å².